The Hall–Kier alpha value is -3.30. The molecular formula is C22H23N5O4. The van der Waals surface area contributed by atoms with Gasteiger partial charge in [-0.2, -0.15) is 15.0 Å². The van der Waals surface area contributed by atoms with Crippen LogP contribution in [0.25, 0.3) is 22.7 Å². The van der Waals surface area contributed by atoms with E-state index in [1.807, 2.05) is 24.3 Å². The van der Waals surface area contributed by atoms with E-state index >= 15 is 0 Å². The Morgan fingerprint density at radius 3 is 1.77 bits per heavy atom. The molecule has 2 fully saturated rings. The van der Waals surface area contributed by atoms with E-state index in [9.17, 15) is 4.79 Å². The van der Waals surface area contributed by atoms with Gasteiger partial charge in [-0.25, -0.2) is 0 Å². The molecule has 0 saturated carbocycles. The van der Waals surface area contributed by atoms with Crippen LogP contribution in [0.4, 0.5) is 11.9 Å². The summed E-state index contributed by atoms with van der Waals surface area (Å²) in [6, 6.07) is 11.2. The molecule has 0 amide bonds. The fourth-order valence-electron chi connectivity index (χ4n) is 3.65. The van der Waals surface area contributed by atoms with Crippen molar-refractivity contribution in [2.45, 2.75) is 0 Å². The van der Waals surface area contributed by atoms with Gasteiger partial charge in [0, 0.05) is 37.3 Å². The maximum Gasteiger partial charge on any atom is 0.230 e. The summed E-state index contributed by atoms with van der Waals surface area (Å²) in [6.45, 7) is 5.65. The van der Waals surface area contributed by atoms with Crippen molar-refractivity contribution in [3.8, 4) is 22.7 Å². The van der Waals surface area contributed by atoms with Crippen molar-refractivity contribution in [2.75, 3.05) is 62.4 Å². The average molecular weight is 421 g/mol. The quantitative estimate of drug-likeness (QED) is 0.575. The number of benzene rings is 1. The van der Waals surface area contributed by atoms with E-state index in [2.05, 4.69) is 9.80 Å². The third-order valence-electron chi connectivity index (χ3n) is 5.37. The number of nitrogens with zero attached hydrogens (tertiary/aromatic N) is 5. The molecule has 31 heavy (non-hydrogen) atoms. The first-order chi connectivity index (χ1) is 15.3. The summed E-state index contributed by atoms with van der Waals surface area (Å²) in [5.41, 5.74) is 1.77. The maximum atomic E-state index is 10.9. The number of furan rings is 1. The van der Waals surface area contributed by atoms with Crippen LogP contribution in [0.15, 0.2) is 40.8 Å². The molecule has 9 nitrogen and oxygen atoms in total. The monoisotopic (exact) mass is 421 g/mol. The zero-order chi connectivity index (χ0) is 21.0. The van der Waals surface area contributed by atoms with Crippen molar-refractivity contribution in [3.63, 3.8) is 0 Å². The second-order valence-corrected chi connectivity index (χ2v) is 7.36. The van der Waals surface area contributed by atoms with Crippen LogP contribution in [-0.4, -0.2) is 73.8 Å². The molecule has 5 rings (SSSR count). The van der Waals surface area contributed by atoms with Gasteiger partial charge < -0.3 is 23.7 Å². The summed E-state index contributed by atoms with van der Waals surface area (Å²) in [7, 11) is 0. The highest BCUT2D eigenvalue weighted by Crippen LogP contribution is 2.27. The first-order valence-electron chi connectivity index (χ1n) is 10.4. The van der Waals surface area contributed by atoms with Gasteiger partial charge in [0.25, 0.3) is 0 Å². The van der Waals surface area contributed by atoms with E-state index in [0.29, 0.717) is 62.0 Å². The third-order valence-corrected chi connectivity index (χ3v) is 5.37. The van der Waals surface area contributed by atoms with Gasteiger partial charge in [-0.05, 0) is 12.1 Å². The molecule has 3 aromatic rings. The lowest BCUT2D eigenvalue weighted by Crippen LogP contribution is -2.40. The minimum Gasteiger partial charge on any atom is -0.453 e. The Bertz CT molecular complexity index is 1000. The molecule has 0 radical (unpaired) electrons. The van der Waals surface area contributed by atoms with E-state index in [1.165, 1.54) is 0 Å². The number of aldehydes is 1. The number of ether oxygens (including phenoxy) is 2. The molecule has 1 aromatic carbocycles. The van der Waals surface area contributed by atoms with Crippen LogP contribution in [-0.2, 0) is 9.47 Å². The van der Waals surface area contributed by atoms with Gasteiger partial charge in [-0.3, -0.25) is 4.79 Å². The molecule has 2 saturated heterocycles. The molecule has 9 heteroatoms. The summed E-state index contributed by atoms with van der Waals surface area (Å²) >= 11 is 0. The summed E-state index contributed by atoms with van der Waals surface area (Å²) in [5.74, 6) is 2.91. The fourth-order valence-corrected chi connectivity index (χ4v) is 3.65. The Kier molecular flexibility index (Phi) is 5.59. The first-order valence-corrected chi connectivity index (χ1v) is 10.4. The number of aromatic nitrogens is 3. The lowest BCUT2D eigenvalue weighted by Gasteiger charge is -2.30. The number of carbonyl (C=O) groups excluding carboxylic acids is 1. The predicted molar refractivity (Wildman–Crippen MR) is 114 cm³/mol. The molecular weight excluding hydrogens is 398 g/mol. The smallest absolute Gasteiger partial charge is 0.230 e. The van der Waals surface area contributed by atoms with Crippen LogP contribution < -0.4 is 9.80 Å². The van der Waals surface area contributed by atoms with Crippen LogP contribution in [0.2, 0.25) is 0 Å². The molecule has 0 N–H and O–H groups in total. The molecule has 0 spiro atoms. The lowest BCUT2D eigenvalue weighted by molar-refractivity contribution is 0.110. The maximum absolute atomic E-state index is 10.9. The van der Waals surface area contributed by atoms with Crippen LogP contribution in [0.1, 0.15) is 10.6 Å². The average Bonchev–Trinajstić information content (AvgIpc) is 3.34. The van der Waals surface area contributed by atoms with Gasteiger partial charge >= 0.3 is 0 Å². The molecule has 0 aliphatic carbocycles. The van der Waals surface area contributed by atoms with Crippen LogP contribution in [0.3, 0.4) is 0 Å². The fraction of sp³-hybridized carbons (Fsp3) is 0.364. The van der Waals surface area contributed by atoms with E-state index in [1.54, 1.807) is 12.1 Å². The number of morpholine rings is 2. The highest BCUT2D eigenvalue weighted by atomic mass is 16.5. The Labute approximate surface area is 179 Å². The molecule has 0 bridgehead atoms. The summed E-state index contributed by atoms with van der Waals surface area (Å²) in [4.78, 5) is 29.4. The van der Waals surface area contributed by atoms with E-state index in [4.69, 9.17) is 28.8 Å². The van der Waals surface area contributed by atoms with Crippen molar-refractivity contribution < 1.29 is 18.7 Å². The van der Waals surface area contributed by atoms with Crippen molar-refractivity contribution in [1.82, 2.24) is 15.0 Å². The van der Waals surface area contributed by atoms with Crippen molar-refractivity contribution in [3.05, 3.63) is 42.2 Å². The van der Waals surface area contributed by atoms with E-state index in [0.717, 1.165) is 37.3 Å². The van der Waals surface area contributed by atoms with Crippen LogP contribution >= 0.6 is 0 Å². The number of carbonyl (C=O) groups is 1. The topological polar surface area (TPSA) is 93.8 Å². The number of rotatable bonds is 5. The SMILES string of the molecule is O=Cc1ccc(-c2ccc(-c3nc(N4CCOCC4)nc(N4CCOCC4)n3)cc2)o1. The predicted octanol–water partition coefficient (Wildman–Crippen LogP) is 2.28. The largest absolute Gasteiger partial charge is 0.453 e. The molecule has 2 aliphatic rings. The van der Waals surface area contributed by atoms with Crippen molar-refractivity contribution in [2.24, 2.45) is 0 Å². The summed E-state index contributed by atoms with van der Waals surface area (Å²) in [6.07, 6.45) is 0.697. The molecule has 2 aromatic heterocycles. The molecule has 2 aliphatic heterocycles. The van der Waals surface area contributed by atoms with Gasteiger partial charge in [0.05, 0.1) is 26.4 Å². The first kappa shape index (κ1) is 19.7. The highest BCUT2D eigenvalue weighted by molar-refractivity contribution is 5.73. The Balaban J connectivity index is 1.48. The van der Waals surface area contributed by atoms with Crippen LogP contribution in [0, 0.1) is 0 Å². The van der Waals surface area contributed by atoms with Crippen LogP contribution in [0.5, 0.6) is 0 Å². The second kappa shape index (κ2) is 8.83. The standard InChI is InChI=1S/C22H23N5O4/c28-15-18-5-6-19(31-18)16-1-3-17(4-2-16)20-23-21(26-7-11-29-12-8-26)25-22(24-20)27-9-13-30-14-10-27/h1-6,15H,7-14H2. The van der Waals surface area contributed by atoms with Gasteiger partial charge in [-0.1, -0.05) is 24.3 Å². The molecule has 4 heterocycles. The summed E-state index contributed by atoms with van der Waals surface area (Å²) < 4.78 is 16.5. The zero-order valence-electron chi connectivity index (χ0n) is 17.1. The molecule has 160 valence electrons. The van der Waals surface area contributed by atoms with Gasteiger partial charge in [-0.15, -0.1) is 0 Å². The highest BCUT2D eigenvalue weighted by Gasteiger charge is 2.21. The molecule has 0 atom stereocenters. The van der Waals surface area contributed by atoms with Crippen molar-refractivity contribution in [1.29, 1.82) is 0 Å². The van der Waals surface area contributed by atoms with E-state index in [-0.39, 0.29) is 0 Å². The van der Waals surface area contributed by atoms with Gasteiger partial charge in [0.1, 0.15) is 5.76 Å². The Morgan fingerprint density at radius 2 is 1.26 bits per heavy atom. The summed E-state index contributed by atoms with van der Waals surface area (Å²) in [5, 5.41) is 0. The number of anilines is 2. The lowest BCUT2D eigenvalue weighted by atomic mass is 10.1. The third kappa shape index (κ3) is 4.28. The van der Waals surface area contributed by atoms with E-state index < -0.39 is 0 Å². The van der Waals surface area contributed by atoms with Gasteiger partial charge in [0.2, 0.25) is 11.9 Å². The normalized spacial score (nSPS) is 17.0. The zero-order valence-corrected chi connectivity index (χ0v) is 17.1. The minimum absolute atomic E-state index is 0.307. The second-order valence-electron chi connectivity index (χ2n) is 7.36. The van der Waals surface area contributed by atoms with Gasteiger partial charge in [0.15, 0.2) is 17.9 Å². The number of hydrogen-bond donors (Lipinski definition) is 0. The Morgan fingerprint density at radius 1 is 0.710 bits per heavy atom. The van der Waals surface area contributed by atoms with Crippen molar-refractivity contribution >= 4 is 18.2 Å². The number of hydrogen-bond acceptors (Lipinski definition) is 9. The minimum atomic E-state index is 0.307. The molecule has 0 unspecified atom stereocenters.